The van der Waals surface area contributed by atoms with Crippen LogP contribution in [0.25, 0.3) is 10.8 Å². The fraction of sp³-hybridized carbons (Fsp3) is 0.435. The summed E-state index contributed by atoms with van der Waals surface area (Å²) in [6.07, 6.45) is 12.9. The molecule has 2 aromatic rings. The molecular weight excluding hydrogens is 322 g/mol. The van der Waals surface area contributed by atoms with E-state index in [0.717, 1.165) is 53.9 Å². The number of ether oxygens (including phenoxy) is 1. The lowest BCUT2D eigenvalue weighted by Crippen LogP contribution is -2.39. The van der Waals surface area contributed by atoms with Crippen molar-refractivity contribution >= 4 is 16.6 Å². The maximum absolute atomic E-state index is 13.0. The zero-order valence-corrected chi connectivity index (χ0v) is 15.5. The van der Waals surface area contributed by atoms with E-state index in [1.54, 1.807) is 7.11 Å². The molecule has 4 rings (SSSR count). The fourth-order valence-corrected chi connectivity index (χ4v) is 3.84. The summed E-state index contributed by atoms with van der Waals surface area (Å²) in [6, 6.07) is 12.1. The average molecular weight is 349 g/mol. The Hall–Kier alpha value is -2.31. The third-order valence-electron chi connectivity index (χ3n) is 5.42. The number of fused-ring (bicyclic) bond motifs is 1. The summed E-state index contributed by atoms with van der Waals surface area (Å²) in [6.45, 7) is 3.30. The van der Waals surface area contributed by atoms with Crippen LogP contribution >= 0.6 is 0 Å². The van der Waals surface area contributed by atoms with E-state index in [2.05, 4.69) is 17.7 Å². The number of terminal acetylenes is 1. The van der Waals surface area contributed by atoms with E-state index in [1.807, 2.05) is 36.4 Å². The van der Waals surface area contributed by atoms with Gasteiger partial charge in [0.15, 0.2) is 5.78 Å². The van der Waals surface area contributed by atoms with Crippen molar-refractivity contribution in [1.82, 2.24) is 4.90 Å². The van der Waals surface area contributed by atoms with Crippen molar-refractivity contribution < 1.29 is 9.53 Å². The second kappa shape index (κ2) is 8.38. The fourth-order valence-electron chi connectivity index (χ4n) is 3.84. The van der Waals surface area contributed by atoms with Gasteiger partial charge in [0, 0.05) is 24.6 Å². The summed E-state index contributed by atoms with van der Waals surface area (Å²) < 4.78 is 5.27. The van der Waals surface area contributed by atoms with Gasteiger partial charge in [0.2, 0.25) is 0 Å². The molecule has 2 aromatic carbocycles. The number of hydrogen-bond acceptors (Lipinski definition) is 3. The minimum atomic E-state index is 0.160. The van der Waals surface area contributed by atoms with E-state index < -0.39 is 0 Å². The number of carbonyl (C=O) groups is 1. The van der Waals surface area contributed by atoms with E-state index in [1.165, 1.54) is 19.4 Å². The number of carbonyl (C=O) groups excluding carboxylic acids is 1. The molecule has 2 aliphatic rings. The van der Waals surface area contributed by atoms with Crippen molar-refractivity contribution in [3.05, 3.63) is 42.0 Å². The van der Waals surface area contributed by atoms with Crippen LogP contribution in [0.3, 0.4) is 0 Å². The first-order valence-electron chi connectivity index (χ1n) is 9.40. The Morgan fingerprint density at radius 1 is 1.12 bits per heavy atom. The number of piperidine rings is 1. The van der Waals surface area contributed by atoms with Gasteiger partial charge in [-0.3, -0.25) is 4.79 Å². The third kappa shape index (κ3) is 4.26. The Balaban J connectivity index is 0.000000948. The van der Waals surface area contributed by atoms with Crippen molar-refractivity contribution in [3.8, 4) is 18.6 Å². The predicted octanol–water partition coefficient (Wildman–Crippen LogP) is 4.40. The van der Waals surface area contributed by atoms with E-state index in [0.29, 0.717) is 5.78 Å². The second-order valence-electron chi connectivity index (χ2n) is 7.33. The van der Waals surface area contributed by atoms with E-state index in [-0.39, 0.29) is 5.92 Å². The van der Waals surface area contributed by atoms with Crippen LogP contribution in [-0.2, 0) is 0 Å². The van der Waals surface area contributed by atoms with Gasteiger partial charge in [-0.05, 0) is 67.1 Å². The van der Waals surface area contributed by atoms with Crippen LogP contribution in [0.4, 0.5) is 0 Å². The first-order valence-corrected chi connectivity index (χ1v) is 9.40. The molecule has 26 heavy (non-hydrogen) atoms. The van der Waals surface area contributed by atoms with Gasteiger partial charge < -0.3 is 9.64 Å². The first kappa shape index (κ1) is 18.5. The summed E-state index contributed by atoms with van der Waals surface area (Å²) in [5.41, 5.74) is 0.853. The largest absolute Gasteiger partial charge is 0.497 e. The number of nitrogens with zero attached hydrogens (tertiary/aromatic N) is 1. The van der Waals surface area contributed by atoms with Crippen molar-refractivity contribution in [3.63, 3.8) is 0 Å². The molecule has 136 valence electrons. The van der Waals surface area contributed by atoms with Crippen LogP contribution in [-0.4, -0.2) is 37.4 Å². The highest BCUT2D eigenvalue weighted by molar-refractivity contribution is 6.01. The highest BCUT2D eigenvalue weighted by Gasteiger charge is 2.30. The summed E-state index contributed by atoms with van der Waals surface area (Å²) in [7, 11) is 1.68. The molecule has 0 amide bonds. The average Bonchev–Trinajstić information content (AvgIpc) is 3.52. The third-order valence-corrected chi connectivity index (χ3v) is 5.42. The van der Waals surface area contributed by atoms with E-state index in [9.17, 15) is 4.79 Å². The molecule has 0 N–H and O–H groups in total. The number of Topliss-reactive ketones (excluding diaryl/α,β-unsaturated/α-hetero) is 1. The van der Waals surface area contributed by atoms with Crippen molar-refractivity contribution in [1.29, 1.82) is 0 Å². The topological polar surface area (TPSA) is 29.5 Å². The molecule has 1 saturated heterocycles. The molecule has 0 radical (unpaired) electrons. The molecular formula is C23H27NO2. The molecule has 1 heterocycles. The SMILES string of the molecule is C#C.COc1ccc2cc(C(=O)[C@H]3CCCN(CC4CC4)C3)ccc2c1. The lowest BCUT2D eigenvalue weighted by atomic mass is 9.89. The highest BCUT2D eigenvalue weighted by atomic mass is 16.5. The summed E-state index contributed by atoms with van der Waals surface area (Å²) in [5.74, 6) is 2.22. The standard InChI is InChI=1S/C21H25NO2.C2H2/c1-24-20-9-8-16-11-18(7-6-17(16)12-20)21(23)19-3-2-10-22(14-19)13-15-4-5-15;1-2/h6-9,11-12,15,19H,2-5,10,13-14H2,1H3;1-2H/t19-;/m0./s1. The number of hydrogen-bond donors (Lipinski definition) is 0. The molecule has 1 aliphatic heterocycles. The first-order chi connectivity index (χ1) is 12.7. The van der Waals surface area contributed by atoms with Crippen LogP contribution in [0.2, 0.25) is 0 Å². The Kier molecular flexibility index (Phi) is 5.96. The number of ketones is 1. The van der Waals surface area contributed by atoms with Crippen LogP contribution in [0.1, 0.15) is 36.0 Å². The van der Waals surface area contributed by atoms with Crippen LogP contribution < -0.4 is 4.74 Å². The zero-order valence-electron chi connectivity index (χ0n) is 15.5. The maximum atomic E-state index is 13.0. The molecule has 1 atom stereocenters. The summed E-state index contributed by atoms with van der Waals surface area (Å²) in [5, 5.41) is 2.22. The molecule has 1 saturated carbocycles. The number of rotatable bonds is 5. The predicted molar refractivity (Wildman–Crippen MR) is 107 cm³/mol. The molecule has 3 nitrogen and oxygen atoms in total. The van der Waals surface area contributed by atoms with Gasteiger partial charge in [-0.2, -0.15) is 0 Å². The van der Waals surface area contributed by atoms with E-state index in [4.69, 9.17) is 4.74 Å². The Labute approximate surface area is 156 Å². The Morgan fingerprint density at radius 3 is 2.58 bits per heavy atom. The summed E-state index contributed by atoms with van der Waals surface area (Å²) >= 11 is 0. The van der Waals surface area contributed by atoms with Crippen LogP contribution in [0.5, 0.6) is 5.75 Å². The molecule has 0 bridgehead atoms. The van der Waals surface area contributed by atoms with Crippen LogP contribution in [0.15, 0.2) is 36.4 Å². The maximum Gasteiger partial charge on any atom is 0.167 e. The molecule has 3 heteroatoms. The number of benzene rings is 2. The molecule has 2 fully saturated rings. The number of methoxy groups -OCH3 is 1. The Morgan fingerprint density at radius 2 is 1.85 bits per heavy atom. The number of likely N-dealkylation sites (tertiary alicyclic amines) is 1. The molecule has 0 spiro atoms. The van der Waals surface area contributed by atoms with Gasteiger partial charge in [0.05, 0.1) is 7.11 Å². The van der Waals surface area contributed by atoms with Crippen molar-refractivity contribution in [2.45, 2.75) is 25.7 Å². The highest BCUT2D eigenvalue weighted by Crippen LogP contribution is 2.32. The van der Waals surface area contributed by atoms with Gasteiger partial charge in [-0.15, -0.1) is 12.8 Å². The van der Waals surface area contributed by atoms with Gasteiger partial charge in [-0.25, -0.2) is 0 Å². The second-order valence-corrected chi connectivity index (χ2v) is 7.33. The summed E-state index contributed by atoms with van der Waals surface area (Å²) in [4.78, 5) is 15.5. The monoisotopic (exact) mass is 349 g/mol. The molecule has 1 aliphatic carbocycles. The van der Waals surface area contributed by atoms with Gasteiger partial charge in [0.1, 0.15) is 5.75 Å². The lowest BCUT2D eigenvalue weighted by Gasteiger charge is -2.32. The zero-order chi connectivity index (χ0) is 18.5. The normalized spacial score (nSPS) is 20.2. The van der Waals surface area contributed by atoms with Crippen LogP contribution in [0, 0.1) is 24.7 Å². The van der Waals surface area contributed by atoms with Gasteiger partial charge in [0.25, 0.3) is 0 Å². The van der Waals surface area contributed by atoms with E-state index >= 15 is 0 Å². The lowest BCUT2D eigenvalue weighted by molar-refractivity contribution is 0.0815. The smallest absolute Gasteiger partial charge is 0.167 e. The van der Waals surface area contributed by atoms with Crippen molar-refractivity contribution in [2.75, 3.05) is 26.7 Å². The minimum Gasteiger partial charge on any atom is -0.497 e. The van der Waals surface area contributed by atoms with Gasteiger partial charge in [-0.1, -0.05) is 18.2 Å². The quantitative estimate of drug-likeness (QED) is 0.592. The van der Waals surface area contributed by atoms with Gasteiger partial charge >= 0.3 is 0 Å². The minimum absolute atomic E-state index is 0.160. The van der Waals surface area contributed by atoms with Crippen molar-refractivity contribution in [2.24, 2.45) is 11.8 Å². The Bertz CT molecular complexity index is 791. The molecule has 0 aromatic heterocycles. The molecule has 0 unspecified atom stereocenters.